The molecule has 0 saturated carbocycles. The zero-order valence-corrected chi connectivity index (χ0v) is 16.5. The Morgan fingerprint density at radius 1 is 1.21 bits per heavy atom. The molecule has 3 aromatic rings. The standard InChI is InChI=1S/C21H20FN3O2S/c1-13-9-10-19(17(22)11-13)25-18-8-4-7-16(18)20(24-25)21(26)23-14-5-3-6-15(12-14)28(2)27/h3,5-6,9-12H,4,7-8H2,1-2H3,(H,23,26). The first kappa shape index (κ1) is 18.6. The lowest BCUT2D eigenvalue weighted by Crippen LogP contribution is -2.15. The van der Waals surface area contributed by atoms with Crippen molar-refractivity contribution in [1.82, 2.24) is 9.78 Å². The quantitative estimate of drug-likeness (QED) is 0.728. The highest BCUT2D eigenvalue weighted by molar-refractivity contribution is 7.84. The van der Waals surface area contributed by atoms with Crippen LogP contribution in [0.1, 0.15) is 33.7 Å². The van der Waals surface area contributed by atoms with E-state index in [1.165, 1.54) is 6.07 Å². The molecule has 0 radical (unpaired) electrons. The van der Waals surface area contributed by atoms with Gasteiger partial charge >= 0.3 is 0 Å². The summed E-state index contributed by atoms with van der Waals surface area (Å²) in [7, 11) is -1.14. The highest BCUT2D eigenvalue weighted by atomic mass is 32.2. The summed E-state index contributed by atoms with van der Waals surface area (Å²) >= 11 is 0. The zero-order chi connectivity index (χ0) is 19.8. The second-order valence-electron chi connectivity index (χ2n) is 6.93. The van der Waals surface area contributed by atoms with Gasteiger partial charge in [-0.2, -0.15) is 5.10 Å². The van der Waals surface area contributed by atoms with E-state index >= 15 is 0 Å². The van der Waals surface area contributed by atoms with Crippen LogP contribution in [-0.4, -0.2) is 26.2 Å². The molecule has 1 amide bonds. The van der Waals surface area contributed by atoms with Crippen molar-refractivity contribution in [1.29, 1.82) is 0 Å². The van der Waals surface area contributed by atoms with E-state index < -0.39 is 10.8 Å². The third-order valence-electron chi connectivity index (χ3n) is 4.90. The van der Waals surface area contributed by atoms with Gasteiger partial charge in [-0.25, -0.2) is 9.07 Å². The molecule has 0 fully saturated rings. The van der Waals surface area contributed by atoms with Gasteiger partial charge in [0.05, 0.1) is 0 Å². The van der Waals surface area contributed by atoms with Gasteiger partial charge in [-0.15, -0.1) is 0 Å². The number of halogens is 1. The van der Waals surface area contributed by atoms with Gasteiger partial charge in [0, 0.05) is 38.9 Å². The number of hydrogen-bond acceptors (Lipinski definition) is 3. The maximum atomic E-state index is 14.5. The summed E-state index contributed by atoms with van der Waals surface area (Å²) in [6.07, 6.45) is 3.99. The molecule has 4 rings (SSSR count). The smallest absolute Gasteiger partial charge is 0.276 e. The van der Waals surface area contributed by atoms with E-state index in [0.717, 1.165) is 36.1 Å². The van der Waals surface area contributed by atoms with Crippen molar-refractivity contribution in [3.8, 4) is 5.69 Å². The third kappa shape index (κ3) is 3.38. The normalized spacial score (nSPS) is 14.0. The van der Waals surface area contributed by atoms with E-state index in [0.29, 0.717) is 22.0 Å². The third-order valence-corrected chi connectivity index (χ3v) is 5.82. The largest absolute Gasteiger partial charge is 0.321 e. The summed E-state index contributed by atoms with van der Waals surface area (Å²) in [6.45, 7) is 1.83. The van der Waals surface area contributed by atoms with Crippen LogP contribution in [0.5, 0.6) is 0 Å². The molecule has 1 heterocycles. The van der Waals surface area contributed by atoms with Crippen LogP contribution in [0.25, 0.3) is 5.69 Å². The SMILES string of the molecule is Cc1ccc(-n2nc(C(=O)Nc3cccc(S(C)=O)c3)c3c2CCC3)c(F)c1. The van der Waals surface area contributed by atoms with Crippen molar-refractivity contribution in [2.45, 2.75) is 31.1 Å². The van der Waals surface area contributed by atoms with Crippen LogP contribution in [0.3, 0.4) is 0 Å². The predicted molar refractivity (Wildman–Crippen MR) is 107 cm³/mol. The molecule has 1 atom stereocenters. The Bertz CT molecular complexity index is 1110. The summed E-state index contributed by atoms with van der Waals surface area (Å²) < 4.78 is 27.7. The Morgan fingerprint density at radius 3 is 2.79 bits per heavy atom. The monoisotopic (exact) mass is 397 g/mol. The number of hydrogen-bond donors (Lipinski definition) is 1. The van der Waals surface area contributed by atoms with Crippen LogP contribution in [0.2, 0.25) is 0 Å². The van der Waals surface area contributed by atoms with Crippen molar-refractivity contribution in [2.75, 3.05) is 11.6 Å². The second-order valence-corrected chi connectivity index (χ2v) is 8.31. The highest BCUT2D eigenvalue weighted by Gasteiger charge is 2.28. The van der Waals surface area contributed by atoms with Crippen LogP contribution in [0.15, 0.2) is 47.4 Å². The molecule has 0 spiro atoms. The van der Waals surface area contributed by atoms with Gasteiger partial charge in [0.1, 0.15) is 11.5 Å². The van der Waals surface area contributed by atoms with Crippen molar-refractivity contribution in [3.05, 3.63) is 70.8 Å². The second kappa shape index (κ2) is 7.31. The fourth-order valence-electron chi connectivity index (χ4n) is 3.55. The van der Waals surface area contributed by atoms with Crippen LogP contribution >= 0.6 is 0 Å². The summed E-state index contributed by atoms with van der Waals surface area (Å²) in [5, 5.41) is 7.28. The lowest BCUT2D eigenvalue weighted by Gasteiger charge is -2.08. The van der Waals surface area contributed by atoms with E-state index in [2.05, 4.69) is 10.4 Å². The lowest BCUT2D eigenvalue weighted by atomic mass is 10.2. The molecular formula is C21H20FN3O2S. The molecule has 0 aliphatic heterocycles. The summed E-state index contributed by atoms with van der Waals surface area (Å²) in [4.78, 5) is 13.5. The van der Waals surface area contributed by atoms with Gasteiger partial charge in [0.15, 0.2) is 5.69 Å². The number of carbonyl (C=O) groups excluding carboxylic acids is 1. The molecule has 144 valence electrons. The topological polar surface area (TPSA) is 64.0 Å². The van der Waals surface area contributed by atoms with Crippen LogP contribution in [-0.2, 0) is 23.6 Å². The predicted octanol–water partition coefficient (Wildman–Crippen LogP) is 3.80. The fourth-order valence-corrected chi connectivity index (χ4v) is 4.11. The van der Waals surface area contributed by atoms with Crippen molar-refractivity contribution in [3.63, 3.8) is 0 Å². The Kier molecular flexibility index (Phi) is 4.85. The Morgan fingerprint density at radius 2 is 2.04 bits per heavy atom. The number of rotatable bonds is 4. The van der Waals surface area contributed by atoms with E-state index in [9.17, 15) is 13.4 Å². The minimum atomic E-state index is -1.14. The average molecular weight is 397 g/mol. The molecule has 7 heteroatoms. The van der Waals surface area contributed by atoms with Crippen LogP contribution in [0, 0.1) is 12.7 Å². The van der Waals surface area contributed by atoms with Gasteiger partial charge in [0.2, 0.25) is 0 Å². The molecule has 1 N–H and O–H groups in total. The number of nitrogens with one attached hydrogen (secondary N) is 1. The first-order valence-electron chi connectivity index (χ1n) is 9.06. The number of nitrogens with zero attached hydrogens (tertiary/aromatic N) is 2. The Labute approximate surface area is 165 Å². The van der Waals surface area contributed by atoms with Crippen LogP contribution < -0.4 is 5.32 Å². The summed E-state index contributed by atoms with van der Waals surface area (Å²) in [5.74, 6) is -0.703. The van der Waals surface area contributed by atoms with Gasteiger partial charge in [-0.05, 0) is 62.1 Å². The lowest BCUT2D eigenvalue weighted by molar-refractivity contribution is 0.102. The maximum absolute atomic E-state index is 14.5. The molecule has 28 heavy (non-hydrogen) atoms. The zero-order valence-electron chi connectivity index (χ0n) is 15.7. The first-order valence-corrected chi connectivity index (χ1v) is 10.6. The van der Waals surface area contributed by atoms with Gasteiger partial charge in [0.25, 0.3) is 5.91 Å². The first-order chi connectivity index (χ1) is 13.4. The average Bonchev–Trinajstić information content (AvgIpc) is 3.25. The molecule has 0 saturated heterocycles. The molecule has 0 bridgehead atoms. The fraction of sp³-hybridized carbons (Fsp3) is 0.238. The molecular weight excluding hydrogens is 377 g/mol. The molecule has 1 aromatic heterocycles. The number of anilines is 1. The minimum absolute atomic E-state index is 0.315. The molecule has 1 aliphatic carbocycles. The summed E-state index contributed by atoms with van der Waals surface area (Å²) in [5.41, 5.74) is 3.81. The Hall–Kier alpha value is -2.80. The highest BCUT2D eigenvalue weighted by Crippen LogP contribution is 2.29. The number of benzene rings is 2. The van der Waals surface area contributed by atoms with E-state index in [4.69, 9.17) is 0 Å². The van der Waals surface area contributed by atoms with E-state index in [-0.39, 0.29) is 11.7 Å². The van der Waals surface area contributed by atoms with Gasteiger partial charge in [-0.3, -0.25) is 9.00 Å². The number of amides is 1. The number of fused-ring (bicyclic) bond motifs is 1. The molecule has 1 aliphatic rings. The number of aryl methyl sites for hydroxylation is 1. The Balaban J connectivity index is 1.70. The molecule has 5 nitrogen and oxygen atoms in total. The molecule has 1 unspecified atom stereocenters. The van der Waals surface area contributed by atoms with E-state index in [1.54, 1.807) is 41.3 Å². The van der Waals surface area contributed by atoms with Crippen molar-refractivity contribution < 1.29 is 13.4 Å². The summed E-state index contributed by atoms with van der Waals surface area (Å²) in [6, 6.07) is 11.9. The van der Waals surface area contributed by atoms with E-state index in [1.807, 2.05) is 13.0 Å². The van der Waals surface area contributed by atoms with Gasteiger partial charge in [-0.1, -0.05) is 12.1 Å². The van der Waals surface area contributed by atoms with Gasteiger partial charge < -0.3 is 5.32 Å². The minimum Gasteiger partial charge on any atom is -0.321 e. The molecule has 2 aromatic carbocycles. The van der Waals surface area contributed by atoms with Crippen molar-refractivity contribution >= 4 is 22.4 Å². The number of aromatic nitrogens is 2. The maximum Gasteiger partial charge on any atom is 0.276 e. The van der Waals surface area contributed by atoms with Crippen LogP contribution in [0.4, 0.5) is 10.1 Å². The van der Waals surface area contributed by atoms with Crippen molar-refractivity contribution in [2.24, 2.45) is 0 Å². The number of carbonyl (C=O) groups is 1.